The molecule has 2 aliphatic rings. The maximum absolute atomic E-state index is 15.1. The number of aromatic nitrogens is 3. The number of carbonyl (C=O) groups excluding carboxylic acids is 1. The van der Waals surface area contributed by atoms with E-state index in [1.54, 1.807) is 30.5 Å². The molecule has 4 aromatic rings. The van der Waals surface area contributed by atoms with Gasteiger partial charge >= 0.3 is 0 Å². The molecule has 0 bridgehead atoms. The molecule has 2 aromatic heterocycles. The van der Waals surface area contributed by atoms with Crippen molar-refractivity contribution in [2.45, 2.75) is 32.1 Å². The van der Waals surface area contributed by atoms with E-state index in [4.69, 9.17) is 16.5 Å². The van der Waals surface area contributed by atoms with E-state index >= 15 is 4.39 Å². The van der Waals surface area contributed by atoms with Crippen molar-refractivity contribution < 1.29 is 9.18 Å². The minimum atomic E-state index is -0.664. The van der Waals surface area contributed by atoms with Gasteiger partial charge in [-0.25, -0.2) is 19.2 Å². The predicted octanol–water partition coefficient (Wildman–Crippen LogP) is 6.34. The van der Waals surface area contributed by atoms with E-state index in [9.17, 15) is 4.79 Å². The first-order valence-electron chi connectivity index (χ1n) is 12.1. The van der Waals surface area contributed by atoms with Gasteiger partial charge in [-0.1, -0.05) is 56.3 Å². The molecule has 0 radical (unpaired) electrons. The number of halogens is 1. The molecule has 0 amide bonds. The fourth-order valence-electron chi connectivity index (χ4n) is 6.02. The molecule has 176 valence electrons. The monoisotopic (exact) mass is 474 g/mol. The number of allylic oxidation sites excluding steroid dienone is 2. The van der Waals surface area contributed by atoms with Crippen LogP contribution in [0.3, 0.4) is 0 Å². The summed E-state index contributed by atoms with van der Waals surface area (Å²) in [6, 6.07) is 16.5. The van der Waals surface area contributed by atoms with Crippen molar-refractivity contribution in [3.63, 3.8) is 0 Å². The molecule has 2 aliphatic carbocycles. The Morgan fingerprint density at radius 2 is 1.83 bits per heavy atom. The third-order valence-corrected chi connectivity index (χ3v) is 7.83. The first-order chi connectivity index (χ1) is 17.4. The number of hydrogen-bond acceptors (Lipinski definition) is 4. The van der Waals surface area contributed by atoms with E-state index in [0.29, 0.717) is 29.2 Å². The molecule has 0 aliphatic heterocycles. The Labute approximate surface area is 208 Å². The molecule has 6 heteroatoms. The van der Waals surface area contributed by atoms with Crippen molar-refractivity contribution in [2.75, 3.05) is 0 Å². The Morgan fingerprint density at radius 1 is 1.06 bits per heavy atom. The van der Waals surface area contributed by atoms with Crippen molar-refractivity contribution in [3.8, 4) is 22.8 Å². The molecule has 0 N–H and O–H groups in total. The van der Waals surface area contributed by atoms with E-state index in [-0.39, 0.29) is 29.1 Å². The van der Waals surface area contributed by atoms with E-state index in [1.165, 1.54) is 6.07 Å². The molecule has 36 heavy (non-hydrogen) atoms. The predicted molar refractivity (Wildman–Crippen MR) is 136 cm³/mol. The summed E-state index contributed by atoms with van der Waals surface area (Å²) in [5.74, 6) is -0.377. The van der Waals surface area contributed by atoms with Crippen LogP contribution in [-0.4, -0.2) is 20.7 Å². The Bertz CT molecular complexity index is 1630. The summed E-state index contributed by atoms with van der Waals surface area (Å²) in [5.41, 5.74) is 2.67. The number of pyridine rings is 1. The maximum Gasteiger partial charge on any atom is 0.226 e. The third-order valence-electron chi connectivity index (χ3n) is 7.83. The topological polar surface area (TPSA) is 60.1 Å². The first kappa shape index (κ1) is 22.2. The zero-order valence-electron chi connectivity index (χ0n) is 20.0. The second kappa shape index (κ2) is 8.17. The summed E-state index contributed by atoms with van der Waals surface area (Å²) < 4.78 is 15.1. The smallest absolute Gasteiger partial charge is 0.226 e. The van der Waals surface area contributed by atoms with Gasteiger partial charge < -0.3 is 4.79 Å². The minimum Gasteiger partial charge on any atom is -0.308 e. The van der Waals surface area contributed by atoms with Gasteiger partial charge in [0.15, 0.2) is 11.6 Å². The second-order valence-corrected chi connectivity index (χ2v) is 9.81. The highest BCUT2D eigenvalue weighted by molar-refractivity contribution is 6.00. The Kier molecular flexibility index (Phi) is 5.04. The number of ketones is 1. The van der Waals surface area contributed by atoms with Gasteiger partial charge in [0.1, 0.15) is 11.5 Å². The Morgan fingerprint density at radius 3 is 2.64 bits per heavy atom. The largest absolute Gasteiger partial charge is 0.308 e. The number of rotatable bonds is 2. The molecular formula is C30H23FN4O. The van der Waals surface area contributed by atoms with Crippen molar-refractivity contribution in [1.82, 2.24) is 15.0 Å². The first-order valence-corrected chi connectivity index (χ1v) is 12.1. The van der Waals surface area contributed by atoms with E-state index < -0.39 is 5.41 Å². The molecule has 3 atom stereocenters. The number of hydrogen-bond donors (Lipinski definition) is 0. The molecule has 0 saturated carbocycles. The van der Waals surface area contributed by atoms with Crippen molar-refractivity contribution in [2.24, 2.45) is 11.8 Å². The number of nitrogens with zero attached hydrogens (tertiary/aromatic N) is 4. The van der Waals surface area contributed by atoms with Crippen molar-refractivity contribution in [1.29, 1.82) is 0 Å². The number of carbonyl (C=O) groups is 1. The lowest BCUT2D eigenvalue weighted by molar-refractivity contribution is -0.121. The van der Waals surface area contributed by atoms with E-state index in [1.807, 2.05) is 44.2 Å². The van der Waals surface area contributed by atoms with Gasteiger partial charge in [0.2, 0.25) is 5.70 Å². The van der Waals surface area contributed by atoms with Crippen LogP contribution in [0.15, 0.2) is 72.6 Å². The standard InChI is InChI=1S/C30H23FN4O/c1-17-22-13-12-21-25(20-10-6-7-11-23(20)31)34-29(26-19-9-5-4-8-18(19)14-15-33-26)35-28(21)30(22,2)16-24(32-3)27(17)36/h4-11,14-17,22H,12-13H2,1-2H3/t17-,22-,30-/m1/s1. The normalized spacial score (nSPS) is 22.9. The van der Waals surface area contributed by atoms with Gasteiger partial charge in [-0.05, 0) is 42.3 Å². The molecule has 2 heterocycles. The van der Waals surface area contributed by atoms with Crippen LogP contribution in [0.1, 0.15) is 31.5 Å². The number of benzene rings is 2. The summed E-state index contributed by atoms with van der Waals surface area (Å²) in [4.78, 5) is 31.0. The van der Waals surface area contributed by atoms with Gasteiger partial charge in [-0.15, -0.1) is 0 Å². The van der Waals surface area contributed by atoms with Crippen LogP contribution < -0.4 is 0 Å². The number of fused-ring (bicyclic) bond motifs is 4. The highest BCUT2D eigenvalue weighted by Crippen LogP contribution is 2.51. The average molecular weight is 475 g/mol. The van der Waals surface area contributed by atoms with Crippen LogP contribution in [0.5, 0.6) is 0 Å². The zero-order chi connectivity index (χ0) is 25.0. The van der Waals surface area contributed by atoms with Crippen LogP contribution in [0, 0.1) is 24.2 Å². The summed E-state index contributed by atoms with van der Waals surface area (Å²) in [7, 11) is 0. The highest BCUT2D eigenvalue weighted by atomic mass is 19.1. The molecule has 6 rings (SSSR count). The maximum atomic E-state index is 15.1. The fourth-order valence-corrected chi connectivity index (χ4v) is 6.02. The zero-order valence-corrected chi connectivity index (χ0v) is 20.0. The summed E-state index contributed by atoms with van der Waals surface area (Å²) in [6.45, 7) is 11.6. The van der Waals surface area contributed by atoms with Crippen LogP contribution in [0.4, 0.5) is 4.39 Å². The molecule has 0 spiro atoms. The Hall–Kier alpha value is -4.24. The van der Waals surface area contributed by atoms with Gasteiger partial charge in [-0.2, -0.15) is 0 Å². The molecular weight excluding hydrogens is 451 g/mol. The van der Waals surface area contributed by atoms with E-state index in [0.717, 1.165) is 28.5 Å². The van der Waals surface area contributed by atoms with Gasteiger partial charge in [-0.3, -0.25) is 4.98 Å². The summed E-state index contributed by atoms with van der Waals surface area (Å²) >= 11 is 0. The Balaban J connectivity index is 1.70. The van der Waals surface area contributed by atoms with E-state index in [2.05, 4.69) is 9.83 Å². The summed E-state index contributed by atoms with van der Waals surface area (Å²) in [5, 5.41) is 1.91. The van der Waals surface area contributed by atoms with Crippen LogP contribution >= 0.6 is 0 Å². The minimum absolute atomic E-state index is 0.0142. The lowest BCUT2D eigenvalue weighted by Crippen LogP contribution is -2.46. The molecule has 0 saturated heterocycles. The van der Waals surface area contributed by atoms with Gasteiger partial charge in [0.05, 0.1) is 18.0 Å². The lowest BCUT2D eigenvalue weighted by Gasteiger charge is -2.46. The molecule has 0 unspecified atom stereocenters. The van der Waals surface area contributed by atoms with Crippen LogP contribution in [0.2, 0.25) is 0 Å². The van der Waals surface area contributed by atoms with Crippen molar-refractivity contribution in [3.05, 3.63) is 101 Å². The van der Waals surface area contributed by atoms with Crippen LogP contribution in [0.25, 0.3) is 38.4 Å². The SMILES string of the molecule is [C-]#[N+]C1=C[C@@]2(C)c3nc(-c4nccc5ccccc45)nc(-c4ccccc4F)c3CC[C@@H]2[C@@H](C)C1=O. The quantitative estimate of drug-likeness (QED) is 0.318. The number of Topliss-reactive ketones (excluding diaryl/α,β-unsaturated/α-hetero) is 1. The highest BCUT2D eigenvalue weighted by Gasteiger charge is 2.49. The molecule has 0 fully saturated rings. The molecule has 5 nitrogen and oxygen atoms in total. The van der Waals surface area contributed by atoms with Crippen LogP contribution in [-0.2, 0) is 16.6 Å². The average Bonchev–Trinajstić information content (AvgIpc) is 2.90. The van der Waals surface area contributed by atoms with Gasteiger partial charge in [0.25, 0.3) is 0 Å². The fraction of sp³-hybridized carbons (Fsp3) is 0.233. The third kappa shape index (κ3) is 3.20. The van der Waals surface area contributed by atoms with Crippen molar-refractivity contribution >= 4 is 16.6 Å². The lowest BCUT2D eigenvalue weighted by atomic mass is 9.58. The second-order valence-electron chi connectivity index (χ2n) is 9.81. The summed E-state index contributed by atoms with van der Waals surface area (Å²) in [6.07, 6.45) is 4.87. The molecule has 2 aromatic carbocycles. The van der Waals surface area contributed by atoms with Gasteiger partial charge in [0, 0.05) is 34.0 Å².